The minimum atomic E-state index is 0.790. The van der Waals surface area contributed by atoms with Crippen LogP contribution in [0.1, 0.15) is 16.7 Å². The van der Waals surface area contributed by atoms with E-state index < -0.39 is 0 Å². The summed E-state index contributed by atoms with van der Waals surface area (Å²) in [6.07, 6.45) is 3.89. The fraction of sp³-hybridized carbons (Fsp3) is 0.308. The average Bonchev–Trinajstić information content (AvgIpc) is 2.68. The summed E-state index contributed by atoms with van der Waals surface area (Å²) in [6, 6.07) is 5.98. The van der Waals surface area contributed by atoms with Crippen molar-refractivity contribution in [3.63, 3.8) is 0 Å². The molecule has 1 heterocycles. The Kier molecular flexibility index (Phi) is 3.82. The van der Waals surface area contributed by atoms with E-state index in [1.165, 1.54) is 16.7 Å². The Morgan fingerprint density at radius 3 is 2.82 bits per heavy atom. The van der Waals surface area contributed by atoms with Crippen molar-refractivity contribution in [2.45, 2.75) is 20.0 Å². The molecule has 17 heavy (non-hydrogen) atoms. The number of nitrogens with one attached hydrogen (secondary N) is 1. The summed E-state index contributed by atoms with van der Waals surface area (Å²) in [7, 11) is 1.92. The number of aromatic nitrogens is 2. The molecule has 0 fully saturated rings. The number of hydrogen-bond acceptors (Lipinski definition) is 2. The zero-order chi connectivity index (χ0) is 12.3. The van der Waals surface area contributed by atoms with Crippen LogP contribution in [-0.4, -0.2) is 9.78 Å². The lowest BCUT2D eigenvalue weighted by Crippen LogP contribution is -2.13. The molecule has 90 valence electrons. The summed E-state index contributed by atoms with van der Waals surface area (Å²) in [5.74, 6) is 0. The maximum Gasteiger partial charge on any atom is 0.0534 e. The Bertz CT molecular complexity index is 505. The van der Waals surface area contributed by atoms with Crippen molar-refractivity contribution in [1.82, 2.24) is 15.1 Å². The summed E-state index contributed by atoms with van der Waals surface area (Å²) >= 11 is 5.92. The van der Waals surface area contributed by atoms with Crippen molar-refractivity contribution < 1.29 is 0 Å². The summed E-state index contributed by atoms with van der Waals surface area (Å²) in [4.78, 5) is 0. The van der Waals surface area contributed by atoms with Gasteiger partial charge in [0, 0.05) is 36.9 Å². The molecule has 0 spiro atoms. The zero-order valence-electron chi connectivity index (χ0n) is 10.1. The maximum atomic E-state index is 5.92. The molecule has 0 aliphatic heterocycles. The molecule has 0 saturated heterocycles. The highest BCUT2D eigenvalue weighted by atomic mass is 35.5. The van der Waals surface area contributed by atoms with Crippen LogP contribution in [0.4, 0.5) is 0 Å². The van der Waals surface area contributed by atoms with Gasteiger partial charge in [0.15, 0.2) is 0 Å². The van der Waals surface area contributed by atoms with Gasteiger partial charge in [-0.25, -0.2) is 0 Å². The molecule has 0 bridgehead atoms. The van der Waals surface area contributed by atoms with Crippen LogP contribution in [0.5, 0.6) is 0 Å². The molecule has 2 rings (SSSR count). The first kappa shape index (κ1) is 12.1. The summed E-state index contributed by atoms with van der Waals surface area (Å²) in [5, 5.41) is 8.32. The molecule has 0 saturated carbocycles. The normalized spacial score (nSPS) is 10.8. The fourth-order valence-corrected chi connectivity index (χ4v) is 1.99. The van der Waals surface area contributed by atoms with E-state index in [2.05, 4.69) is 23.4 Å². The third kappa shape index (κ3) is 3.32. The molecule has 0 radical (unpaired) electrons. The lowest BCUT2D eigenvalue weighted by atomic mass is 10.1. The van der Waals surface area contributed by atoms with E-state index in [-0.39, 0.29) is 0 Å². The molecular weight excluding hydrogens is 234 g/mol. The van der Waals surface area contributed by atoms with Gasteiger partial charge in [-0.05, 0) is 30.2 Å². The van der Waals surface area contributed by atoms with Crippen molar-refractivity contribution in [3.05, 3.63) is 52.3 Å². The van der Waals surface area contributed by atoms with Gasteiger partial charge in [-0.15, -0.1) is 0 Å². The first-order valence-electron chi connectivity index (χ1n) is 5.58. The number of halogens is 1. The molecular formula is C13H16ClN3. The quantitative estimate of drug-likeness (QED) is 0.903. The Morgan fingerprint density at radius 2 is 2.18 bits per heavy atom. The molecule has 4 heteroatoms. The molecule has 3 nitrogen and oxygen atoms in total. The minimum absolute atomic E-state index is 0.790. The van der Waals surface area contributed by atoms with Crippen molar-refractivity contribution in [3.8, 4) is 0 Å². The van der Waals surface area contributed by atoms with Gasteiger partial charge in [0.05, 0.1) is 6.20 Å². The van der Waals surface area contributed by atoms with Crippen LogP contribution < -0.4 is 5.32 Å². The van der Waals surface area contributed by atoms with Crippen molar-refractivity contribution >= 4 is 11.6 Å². The van der Waals surface area contributed by atoms with Crippen LogP contribution >= 0.6 is 11.6 Å². The Labute approximate surface area is 106 Å². The van der Waals surface area contributed by atoms with Gasteiger partial charge in [0.2, 0.25) is 0 Å². The van der Waals surface area contributed by atoms with Crippen LogP contribution in [0.2, 0.25) is 5.02 Å². The van der Waals surface area contributed by atoms with E-state index in [9.17, 15) is 0 Å². The zero-order valence-corrected chi connectivity index (χ0v) is 10.8. The molecule has 0 unspecified atom stereocenters. The second kappa shape index (κ2) is 5.34. The van der Waals surface area contributed by atoms with Gasteiger partial charge in [-0.1, -0.05) is 17.7 Å². The highest BCUT2D eigenvalue weighted by molar-refractivity contribution is 6.30. The molecule has 0 aliphatic carbocycles. The van der Waals surface area contributed by atoms with Gasteiger partial charge in [0.25, 0.3) is 0 Å². The summed E-state index contributed by atoms with van der Waals surface area (Å²) in [6.45, 7) is 3.75. The molecule has 0 amide bonds. The minimum Gasteiger partial charge on any atom is -0.308 e. The maximum absolute atomic E-state index is 5.92. The lowest BCUT2D eigenvalue weighted by Gasteiger charge is -2.07. The van der Waals surface area contributed by atoms with Crippen LogP contribution in [-0.2, 0) is 20.1 Å². The topological polar surface area (TPSA) is 29.9 Å². The highest BCUT2D eigenvalue weighted by Crippen LogP contribution is 2.15. The van der Waals surface area contributed by atoms with Crippen LogP contribution in [0.3, 0.4) is 0 Å². The number of rotatable bonds is 4. The second-order valence-corrected chi connectivity index (χ2v) is 4.63. The monoisotopic (exact) mass is 249 g/mol. The van der Waals surface area contributed by atoms with E-state index in [0.717, 1.165) is 18.1 Å². The first-order chi connectivity index (χ1) is 8.15. The van der Waals surface area contributed by atoms with Gasteiger partial charge < -0.3 is 5.32 Å². The number of hydrogen-bond donors (Lipinski definition) is 1. The molecule has 0 atom stereocenters. The predicted octanol–water partition coefficient (Wildman–Crippen LogP) is 2.67. The third-order valence-corrected chi connectivity index (χ3v) is 2.94. The molecule has 0 aliphatic rings. The van der Waals surface area contributed by atoms with E-state index in [0.29, 0.717) is 0 Å². The van der Waals surface area contributed by atoms with Gasteiger partial charge in [-0.3, -0.25) is 4.68 Å². The third-order valence-electron chi connectivity index (χ3n) is 2.71. The van der Waals surface area contributed by atoms with Crippen LogP contribution in [0.25, 0.3) is 0 Å². The van der Waals surface area contributed by atoms with E-state index in [1.54, 1.807) is 0 Å². The molecule has 1 aromatic carbocycles. The summed E-state index contributed by atoms with van der Waals surface area (Å²) < 4.78 is 1.81. The SMILES string of the molecule is Cc1cc(Cl)ccc1CNCc1cnn(C)c1. The Balaban J connectivity index is 1.90. The van der Waals surface area contributed by atoms with Crippen molar-refractivity contribution in [2.75, 3.05) is 0 Å². The number of aryl methyl sites for hydroxylation is 2. The van der Waals surface area contributed by atoms with Gasteiger partial charge >= 0.3 is 0 Å². The van der Waals surface area contributed by atoms with Crippen molar-refractivity contribution in [1.29, 1.82) is 0 Å². The van der Waals surface area contributed by atoms with E-state index in [4.69, 9.17) is 11.6 Å². The molecule has 1 aromatic heterocycles. The van der Waals surface area contributed by atoms with E-state index in [1.807, 2.05) is 36.3 Å². The number of nitrogens with zero attached hydrogens (tertiary/aromatic N) is 2. The van der Waals surface area contributed by atoms with Crippen molar-refractivity contribution in [2.24, 2.45) is 7.05 Å². The molecule has 1 N–H and O–H groups in total. The standard InChI is InChI=1S/C13H16ClN3/c1-10-5-13(14)4-3-12(10)8-15-6-11-7-16-17(2)9-11/h3-5,7,9,15H,6,8H2,1-2H3. The summed E-state index contributed by atoms with van der Waals surface area (Å²) in [5.41, 5.74) is 3.69. The average molecular weight is 250 g/mol. The van der Waals surface area contributed by atoms with Crippen LogP contribution in [0.15, 0.2) is 30.6 Å². The Hall–Kier alpha value is -1.32. The fourth-order valence-electron chi connectivity index (χ4n) is 1.76. The van der Waals surface area contributed by atoms with E-state index >= 15 is 0 Å². The largest absolute Gasteiger partial charge is 0.308 e. The van der Waals surface area contributed by atoms with Crippen LogP contribution in [0, 0.1) is 6.92 Å². The lowest BCUT2D eigenvalue weighted by molar-refractivity contribution is 0.689. The highest BCUT2D eigenvalue weighted by Gasteiger charge is 2.00. The predicted molar refractivity (Wildman–Crippen MR) is 69.9 cm³/mol. The smallest absolute Gasteiger partial charge is 0.0534 e. The Morgan fingerprint density at radius 1 is 1.35 bits per heavy atom. The van der Waals surface area contributed by atoms with Gasteiger partial charge in [0.1, 0.15) is 0 Å². The number of benzene rings is 1. The molecule has 2 aromatic rings. The van der Waals surface area contributed by atoms with Gasteiger partial charge in [-0.2, -0.15) is 5.10 Å². The second-order valence-electron chi connectivity index (χ2n) is 4.20. The first-order valence-corrected chi connectivity index (χ1v) is 5.96.